The fourth-order valence-corrected chi connectivity index (χ4v) is 4.34. The van der Waals surface area contributed by atoms with Crippen molar-refractivity contribution in [3.63, 3.8) is 0 Å². The van der Waals surface area contributed by atoms with Gasteiger partial charge in [-0.2, -0.15) is 0 Å². The first-order chi connectivity index (χ1) is 8.99. The number of hydrogen-bond donors (Lipinski definition) is 0. The SMILES string of the molecule is CCOC(=O)C(Cc1cc(Br)sc1Br)C(=O)OCC. The van der Waals surface area contributed by atoms with Crippen LogP contribution < -0.4 is 0 Å². The summed E-state index contributed by atoms with van der Waals surface area (Å²) in [4.78, 5) is 23.7. The quantitative estimate of drug-likeness (QED) is 0.528. The maximum atomic E-state index is 11.8. The summed E-state index contributed by atoms with van der Waals surface area (Å²) in [6.07, 6.45) is 0.264. The molecule has 1 rings (SSSR count). The Labute approximate surface area is 132 Å². The zero-order valence-corrected chi connectivity index (χ0v) is 14.6. The van der Waals surface area contributed by atoms with Gasteiger partial charge < -0.3 is 9.47 Å². The van der Waals surface area contributed by atoms with Gasteiger partial charge in [0.1, 0.15) is 0 Å². The predicted octanol–water partition coefficient (Wildman–Crippen LogP) is 3.56. The number of halogens is 2. The van der Waals surface area contributed by atoms with Crippen LogP contribution in [0.15, 0.2) is 13.6 Å². The van der Waals surface area contributed by atoms with Crippen LogP contribution >= 0.6 is 43.2 Å². The number of hydrogen-bond acceptors (Lipinski definition) is 5. The summed E-state index contributed by atoms with van der Waals surface area (Å²) >= 11 is 8.26. The molecule has 0 aliphatic heterocycles. The maximum absolute atomic E-state index is 11.8. The van der Waals surface area contributed by atoms with E-state index in [1.807, 2.05) is 6.07 Å². The van der Waals surface area contributed by atoms with Gasteiger partial charge in [0.15, 0.2) is 5.92 Å². The molecule has 0 N–H and O–H groups in total. The molecule has 0 saturated heterocycles. The minimum Gasteiger partial charge on any atom is -0.465 e. The molecule has 1 aromatic heterocycles. The Morgan fingerprint density at radius 1 is 1.21 bits per heavy atom. The van der Waals surface area contributed by atoms with E-state index in [0.29, 0.717) is 0 Å². The number of esters is 2. The fraction of sp³-hybridized carbons (Fsp3) is 0.500. The van der Waals surface area contributed by atoms with E-state index in [2.05, 4.69) is 31.9 Å². The number of thiophene rings is 1. The fourth-order valence-electron chi connectivity index (χ4n) is 1.48. The summed E-state index contributed by atoms with van der Waals surface area (Å²) in [5, 5.41) is 0. The smallest absolute Gasteiger partial charge is 0.320 e. The van der Waals surface area contributed by atoms with Gasteiger partial charge in [-0.25, -0.2) is 0 Å². The van der Waals surface area contributed by atoms with Crippen LogP contribution in [-0.2, 0) is 25.5 Å². The van der Waals surface area contributed by atoms with Gasteiger partial charge in [-0.15, -0.1) is 11.3 Å². The zero-order valence-electron chi connectivity index (χ0n) is 10.6. The van der Waals surface area contributed by atoms with Crippen LogP contribution in [0.1, 0.15) is 19.4 Å². The molecule has 0 aliphatic carbocycles. The molecular formula is C12H14Br2O4S. The van der Waals surface area contributed by atoms with Crippen molar-refractivity contribution in [2.75, 3.05) is 13.2 Å². The second kappa shape index (κ2) is 8.01. The van der Waals surface area contributed by atoms with Crippen molar-refractivity contribution in [2.24, 2.45) is 5.92 Å². The Kier molecular flexibility index (Phi) is 7.02. The van der Waals surface area contributed by atoms with E-state index in [1.165, 1.54) is 11.3 Å². The third kappa shape index (κ3) is 4.89. The van der Waals surface area contributed by atoms with Crippen molar-refractivity contribution in [2.45, 2.75) is 20.3 Å². The Balaban J connectivity index is 2.87. The molecule has 0 aliphatic rings. The van der Waals surface area contributed by atoms with Crippen LogP contribution in [-0.4, -0.2) is 25.2 Å². The standard InChI is InChI=1S/C12H14Br2O4S/c1-3-17-11(15)8(12(16)18-4-2)5-7-6-9(13)19-10(7)14/h6,8H,3-5H2,1-2H3. The molecule has 0 aromatic carbocycles. The molecule has 1 aromatic rings. The van der Waals surface area contributed by atoms with E-state index >= 15 is 0 Å². The van der Waals surface area contributed by atoms with Crippen molar-refractivity contribution >= 4 is 55.1 Å². The highest BCUT2D eigenvalue weighted by Gasteiger charge is 2.30. The van der Waals surface area contributed by atoms with Crippen LogP contribution in [0.2, 0.25) is 0 Å². The zero-order chi connectivity index (χ0) is 14.4. The lowest BCUT2D eigenvalue weighted by molar-refractivity contribution is -0.161. The number of carbonyl (C=O) groups excluding carboxylic acids is 2. The minimum atomic E-state index is -0.919. The molecule has 19 heavy (non-hydrogen) atoms. The van der Waals surface area contributed by atoms with E-state index in [0.717, 1.165) is 13.1 Å². The lowest BCUT2D eigenvalue weighted by Crippen LogP contribution is -2.30. The molecule has 0 bridgehead atoms. The van der Waals surface area contributed by atoms with E-state index in [9.17, 15) is 9.59 Å². The van der Waals surface area contributed by atoms with Gasteiger partial charge >= 0.3 is 11.9 Å². The summed E-state index contributed by atoms with van der Waals surface area (Å²) in [6.45, 7) is 3.89. The summed E-state index contributed by atoms with van der Waals surface area (Å²) in [6, 6.07) is 1.88. The molecule has 1 heterocycles. The van der Waals surface area contributed by atoms with Gasteiger partial charge in [-0.3, -0.25) is 9.59 Å². The average Bonchev–Trinajstić information content (AvgIpc) is 2.65. The second-order valence-electron chi connectivity index (χ2n) is 3.61. The summed E-state index contributed by atoms with van der Waals surface area (Å²) in [5.74, 6) is -2.01. The molecule has 0 spiro atoms. The molecular weight excluding hydrogens is 400 g/mol. The van der Waals surface area contributed by atoms with E-state index < -0.39 is 17.9 Å². The molecule has 106 valence electrons. The predicted molar refractivity (Wildman–Crippen MR) is 80.2 cm³/mol. The average molecular weight is 414 g/mol. The van der Waals surface area contributed by atoms with E-state index in [1.54, 1.807) is 13.8 Å². The third-order valence-corrected chi connectivity index (χ3v) is 4.76. The number of carbonyl (C=O) groups is 2. The molecule has 0 unspecified atom stereocenters. The van der Waals surface area contributed by atoms with Crippen LogP contribution in [0.4, 0.5) is 0 Å². The van der Waals surface area contributed by atoms with Gasteiger partial charge in [0.2, 0.25) is 0 Å². The van der Waals surface area contributed by atoms with E-state index in [4.69, 9.17) is 9.47 Å². The number of ether oxygens (including phenoxy) is 2. The Morgan fingerprint density at radius 2 is 1.74 bits per heavy atom. The first-order valence-corrected chi connectivity index (χ1v) is 8.16. The van der Waals surface area contributed by atoms with Gasteiger partial charge in [0, 0.05) is 0 Å². The lowest BCUT2D eigenvalue weighted by Gasteiger charge is -2.13. The van der Waals surface area contributed by atoms with Crippen molar-refractivity contribution in [1.82, 2.24) is 0 Å². The highest BCUT2D eigenvalue weighted by atomic mass is 79.9. The molecule has 0 fully saturated rings. The van der Waals surface area contributed by atoms with Crippen LogP contribution in [0.25, 0.3) is 0 Å². The Morgan fingerprint density at radius 3 is 2.11 bits per heavy atom. The molecule has 0 saturated carbocycles. The molecule has 0 atom stereocenters. The molecule has 4 nitrogen and oxygen atoms in total. The van der Waals surface area contributed by atoms with Gasteiger partial charge in [0.25, 0.3) is 0 Å². The first kappa shape index (κ1) is 16.7. The summed E-state index contributed by atoms with van der Waals surface area (Å²) < 4.78 is 11.7. The van der Waals surface area contributed by atoms with Gasteiger partial charge in [-0.05, 0) is 63.8 Å². The molecule has 0 radical (unpaired) electrons. The van der Waals surface area contributed by atoms with Crippen molar-refractivity contribution in [3.05, 3.63) is 19.2 Å². The highest BCUT2D eigenvalue weighted by Crippen LogP contribution is 2.33. The third-order valence-electron chi connectivity index (χ3n) is 2.29. The van der Waals surface area contributed by atoms with E-state index in [-0.39, 0.29) is 19.6 Å². The van der Waals surface area contributed by atoms with Gasteiger partial charge in [0.05, 0.1) is 20.8 Å². The topological polar surface area (TPSA) is 52.6 Å². The Hall–Kier alpha value is -0.400. The van der Waals surface area contributed by atoms with Gasteiger partial charge in [-0.1, -0.05) is 0 Å². The summed E-state index contributed by atoms with van der Waals surface area (Å²) in [5.41, 5.74) is 0.878. The molecule has 0 amide bonds. The molecule has 7 heteroatoms. The van der Waals surface area contributed by atoms with Crippen LogP contribution in [0.3, 0.4) is 0 Å². The van der Waals surface area contributed by atoms with Crippen LogP contribution in [0, 0.1) is 5.92 Å². The maximum Gasteiger partial charge on any atom is 0.320 e. The van der Waals surface area contributed by atoms with Crippen LogP contribution in [0.5, 0.6) is 0 Å². The van der Waals surface area contributed by atoms with Crippen molar-refractivity contribution in [3.8, 4) is 0 Å². The minimum absolute atomic E-state index is 0.239. The Bertz CT molecular complexity index is 441. The largest absolute Gasteiger partial charge is 0.465 e. The first-order valence-electron chi connectivity index (χ1n) is 5.76. The monoisotopic (exact) mass is 412 g/mol. The lowest BCUT2D eigenvalue weighted by atomic mass is 10.0. The highest BCUT2D eigenvalue weighted by molar-refractivity contribution is 9.12. The normalized spacial score (nSPS) is 10.6. The summed E-state index contributed by atoms with van der Waals surface area (Å²) in [7, 11) is 0. The van der Waals surface area contributed by atoms with Crippen molar-refractivity contribution in [1.29, 1.82) is 0 Å². The number of rotatable bonds is 6. The van der Waals surface area contributed by atoms with Crippen molar-refractivity contribution < 1.29 is 19.1 Å². The second-order valence-corrected chi connectivity index (χ2v) is 7.36.